The fourth-order valence-corrected chi connectivity index (χ4v) is 2.07. The summed E-state index contributed by atoms with van der Waals surface area (Å²) in [4.78, 5) is 0. The molecule has 57 valence electrons. The zero-order chi connectivity index (χ0) is 7.23. The summed E-state index contributed by atoms with van der Waals surface area (Å²) in [7, 11) is 3.52. The van der Waals surface area contributed by atoms with Crippen LogP contribution in [0.2, 0.25) is 6.04 Å². The molecule has 0 aromatic carbocycles. The molecular weight excluding hydrogens is 136 g/mol. The molecule has 1 rings (SSSR count). The molecule has 1 saturated carbocycles. The molecule has 1 aliphatic rings. The first-order valence-corrected chi connectivity index (χ1v) is 5.29. The summed E-state index contributed by atoms with van der Waals surface area (Å²) < 4.78 is 0. The van der Waals surface area contributed by atoms with Gasteiger partial charge < -0.3 is 0 Å². The topological polar surface area (TPSA) is 0 Å². The highest BCUT2D eigenvalue weighted by molar-refractivity contribution is 6.08. The van der Waals surface area contributed by atoms with Crippen molar-refractivity contribution in [2.75, 3.05) is 0 Å². The molecule has 1 heteroatoms. The lowest BCUT2D eigenvalue weighted by molar-refractivity contribution is 0.336. The molecule has 3 radical (unpaired) electrons. The minimum absolute atomic E-state index is 1.07. The van der Waals surface area contributed by atoms with E-state index in [1.807, 2.05) is 0 Å². The Morgan fingerprint density at radius 1 is 1.10 bits per heavy atom. The van der Waals surface area contributed by atoms with Gasteiger partial charge in [0.05, 0.1) is 0 Å². The third kappa shape index (κ3) is 2.87. The van der Waals surface area contributed by atoms with Crippen LogP contribution >= 0.6 is 0 Å². The van der Waals surface area contributed by atoms with Crippen LogP contribution in [-0.4, -0.2) is 10.2 Å². The van der Waals surface area contributed by atoms with Gasteiger partial charge in [-0.25, -0.2) is 0 Å². The Morgan fingerprint density at radius 3 is 2.40 bits per heavy atom. The average Bonchev–Trinajstić information content (AvgIpc) is 2.03. The maximum absolute atomic E-state index is 3.52. The summed E-state index contributed by atoms with van der Waals surface area (Å²) in [5, 5.41) is 0. The molecule has 0 nitrogen and oxygen atoms in total. The first-order valence-electron chi connectivity index (χ1n) is 4.58. The van der Waals surface area contributed by atoms with Gasteiger partial charge >= 0.3 is 0 Å². The summed E-state index contributed by atoms with van der Waals surface area (Å²) in [5.41, 5.74) is 0. The Labute approximate surface area is 67.8 Å². The van der Waals surface area contributed by atoms with E-state index < -0.39 is 0 Å². The lowest BCUT2D eigenvalue weighted by atomic mass is 9.86. The predicted octanol–water partition coefficient (Wildman–Crippen LogP) is 2.93. The largest absolute Gasteiger partial charge is 0.0638 e. The molecule has 0 unspecified atom stereocenters. The van der Waals surface area contributed by atoms with Crippen molar-refractivity contribution in [3.05, 3.63) is 0 Å². The molecule has 0 saturated heterocycles. The SMILES string of the molecule is [Si]CCCC1CCCCC1. The quantitative estimate of drug-likeness (QED) is 0.547. The van der Waals surface area contributed by atoms with Crippen molar-refractivity contribution >= 4 is 10.2 Å². The highest BCUT2D eigenvalue weighted by atomic mass is 28.1. The van der Waals surface area contributed by atoms with Crippen LogP contribution in [0.15, 0.2) is 0 Å². The molecule has 0 bridgehead atoms. The Balaban J connectivity index is 2.02. The third-order valence-corrected chi connectivity index (χ3v) is 2.87. The van der Waals surface area contributed by atoms with Crippen LogP contribution < -0.4 is 0 Å². The van der Waals surface area contributed by atoms with Crippen LogP contribution in [0.1, 0.15) is 44.9 Å². The van der Waals surface area contributed by atoms with Crippen LogP contribution in [0.25, 0.3) is 0 Å². The molecule has 0 amide bonds. The minimum atomic E-state index is 1.07. The van der Waals surface area contributed by atoms with Gasteiger partial charge in [-0.3, -0.25) is 0 Å². The van der Waals surface area contributed by atoms with Gasteiger partial charge in [0, 0.05) is 10.2 Å². The van der Waals surface area contributed by atoms with E-state index in [-0.39, 0.29) is 0 Å². The van der Waals surface area contributed by atoms with Crippen LogP contribution in [0.4, 0.5) is 0 Å². The molecule has 1 aliphatic carbocycles. The van der Waals surface area contributed by atoms with Crippen LogP contribution in [0.5, 0.6) is 0 Å². The third-order valence-electron chi connectivity index (χ3n) is 2.51. The highest BCUT2D eigenvalue weighted by Gasteiger charge is 2.11. The van der Waals surface area contributed by atoms with Crippen molar-refractivity contribution in [1.82, 2.24) is 0 Å². The number of hydrogen-bond donors (Lipinski definition) is 0. The Morgan fingerprint density at radius 2 is 1.80 bits per heavy atom. The second-order valence-corrected chi connectivity index (χ2v) is 3.90. The molecule has 0 N–H and O–H groups in total. The van der Waals surface area contributed by atoms with Crippen molar-refractivity contribution < 1.29 is 0 Å². The lowest BCUT2D eigenvalue weighted by Gasteiger charge is -2.20. The van der Waals surface area contributed by atoms with E-state index in [0.29, 0.717) is 0 Å². The first-order chi connectivity index (χ1) is 4.93. The first kappa shape index (κ1) is 8.31. The maximum atomic E-state index is 3.52. The van der Waals surface area contributed by atoms with Gasteiger partial charge in [0.25, 0.3) is 0 Å². The monoisotopic (exact) mass is 153 g/mol. The predicted molar refractivity (Wildman–Crippen MR) is 46.4 cm³/mol. The second kappa shape index (κ2) is 4.95. The van der Waals surface area contributed by atoms with E-state index in [2.05, 4.69) is 10.2 Å². The molecule has 0 aromatic rings. The second-order valence-electron chi connectivity index (χ2n) is 3.40. The minimum Gasteiger partial charge on any atom is -0.0638 e. The number of hydrogen-bond acceptors (Lipinski definition) is 0. The van der Waals surface area contributed by atoms with E-state index in [1.165, 1.54) is 51.0 Å². The summed E-state index contributed by atoms with van der Waals surface area (Å²) in [6.45, 7) is 0. The van der Waals surface area contributed by atoms with Gasteiger partial charge in [0.15, 0.2) is 0 Å². The van der Waals surface area contributed by atoms with Crippen molar-refractivity contribution in [2.24, 2.45) is 5.92 Å². The maximum Gasteiger partial charge on any atom is 0.0222 e. The van der Waals surface area contributed by atoms with Gasteiger partial charge in [-0.15, -0.1) is 0 Å². The Kier molecular flexibility index (Phi) is 4.11. The summed E-state index contributed by atoms with van der Waals surface area (Å²) in [5.74, 6) is 1.07. The summed E-state index contributed by atoms with van der Waals surface area (Å²) in [6.07, 6.45) is 10.3. The molecule has 0 spiro atoms. The van der Waals surface area contributed by atoms with Crippen LogP contribution in [0, 0.1) is 5.92 Å². The summed E-state index contributed by atoms with van der Waals surface area (Å²) in [6, 6.07) is 1.19. The fourth-order valence-electron chi connectivity index (χ4n) is 1.87. The Hall–Kier alpha value is 0.217. The molecule has 10 heavy (non-hydrogen) atoms. The Bertz CT molecular complexity index is 74.8. The zero-order valence-corrected chi connectivity index (χ0v) is 7.73. The van der Waals surface area contributed by atoms with Crippen molar-refractivity contribution in [1.29, 1.82) is 0 Å². The van der Waals surface area contributed by atoms with E-state index in [4.69, 9.17) is 0 Å². The van der Waals surface area contributed by atoms with E-state index >= 15 is 0 Å². The van der Waals surface area contributed by atoms with Crippen molar-refractivity contribution in [3.63, 3.8) is 0 Å². The molecular formula is C9H17Si. The standard InChI is InChI=1S/C9H17Si/c10-8-4-7-9-5-2-1-3-6-9/h9H,1-8H2. The van der Waals surface area contributed by atoms with Gasteiger partial charge in [-0.2, -0.15) is 0 Å². The van der Waals surface area contributed by atoms with Crippen molar-refractivity contribution in [2.45, 2.75) is 51.0 Å². The van der Waals surface area contributed by atoms with Crippen molar-refractivity contribution in [3.8, 4) is 0 Å². The van der Waals surface area contributed by atoms with Crippen LogP contribution in [-0.2, 0) is 0 Å². The molecule has 0 heterocycles. The highest BCUT2D eigenvalue weighted by Crippen LogP contribution is 2.27. The van der Waals surface area contributed by atoms with Gasteiger partial charge in [0.2, 0.25) is 0 Å². The molecule has 1 fully saturated rings. The molecule has 0 aliphatic heterocycles. The molecule has 0 aromatic heterocycles. The molecule has 0 atom stereocenters. The summed E-state index contributed by atoms with van der Waals surface area (Å²) >= 11 is 0. The van der Waals surface area contributed by atoms with E-state index in [9.17, 15) is 0 Å². The normalized spacial score (nSPS) is 21.3. The lowest BCUT2D eigenvalue weighted by Crippen LogP contribution is -2.05. The van der Waals surface area contributed by atoms with Gasteiger partial charge in [-0.1, -0.05) is 51.0 Å². The average molecular weight is 153 g/mol. The van der Waals surface area contributed by atoms with E-state index in [1.54, 1.807) is 0 Å². The van der Waals surface area contributed by atoms with E-state index in [0.717, 1.165) is 5.92 Å². The van der Waals surface area contributed by atoms with Gasteiger partial charge in [-0.05, 0) is 5.92 Å². The zero-order valence-electron chi connectivity index (χ0n) is 6.73. The fraction of sp³-hybridized carbons (Fsp3) is 1.00. The number of rotatable bonds is 3. The van der Waals surface area contributed by atoms with Crippen LogP contribution in [0.3, 0.4) is 0 Å². The van der Waals surface area contributed by atoms with Gasteiger partial charge in [0.1, 0.15) is 0 Å². The smallest absolute Gasteiger partial charge is 0.0222 e.